The molecule has 0 aliphatic carbocycles. The molecule has 0 atom stereocenters. The number of halogens is 1. The van der Waals surface area contributed by atoms with Crippen LogP contribution >= 0.6 is 12.4 Å². The third-order valence-corrected chi connectivity index (χ3v) is 5.76. The SMILES string of the molecule is COc1ccc(CCNCc2ccc(OCc3nnnn3-c3ccc(C)cc3)c(OC)c2)cc1OC.Cl. The molecule has 0 spiro atoms. The highest BCUT2D eigenvalue weighted by Gasteiger charge is 2.12. The topological polar surface area (TPSA) is 92.6 Å². The first-order valence-electron chi connectivity index (χ1n) is 11.7. The summed E-state index contributed by atoms with van der Waals surface area (Å²) in [6, 6.07) is 19.9. The van der Waals surface area contributed by atoms with E-state index in [0.717, 1.165) is 35.7 Å². The Bertz CT molecular complexity index is 1280. The van der Waals surface area contributed by atoms with Crippen LogP contribution < -0.4 is 24.3 Å². The van der Waals surface area contributed by atoms with Gasteiger partial charge in [0.2, 0.25) is 0 Å². The molecular formula is C27H32ClN5O4. The van der Waals surface area contributed by atoms with Crippen LogP contribution in [0.15, 0.2) is 60.7 Å². The maximum Gasteiger partial charge on any atom is 0.194 e. The molecule has 0 unspecified atom stereocenters. The molecule has 37 heavy (non-hydrogen) atoms. The van der Waals surface area contributed by atoms with Crippen molar-refractivity contribution in [3.8, 4) is 28.7 Å². The molecule has 1 N–H and O–H groups in total. The quantitative estimate of drug-likeness (QED) is 0.273. The van der Waals surface area contributed by atoms with Crippen LogP contribution in [-0.2, 0) is 19.6 Å². The highest BCUT2D eigenvalue weighted by Crippen LogP contribution is 2.29. The highest BCUT2D eigenvalue weighted by atomic mass is 35.5. The molecule has 0 aliphatic heterocycles. The number of rotatable bonds is 12. The fourth-order valence-electron chi connectivity index (χ4n) is 3.77. The summed E-state index contributed by atoms with van der Waals surface area (Å²) < 4.78 is 23.9. The van der Waals surface area contributed by atoms with Gasteiger partial charge in [-0.15, -0.1) is 17.5 Å². The average Bonchev–Trinajstić information content (AvgIpc) is 3.39. The molecule has 0 radical (unpaired) electrons. The van der Waals surface area contributed by atoms with Crippen LogP contribution in [0, 0.1) is 6.92 Å². The maximum atomic E-state index is 6.01. The Morgan fingerprint density at radius 1 is 0.784 bits per heavy atom. The van der Waals surface area contributed by atoms with Gasteiger partial charge in [-0.05, 0) is 77.8 Å². The van der Waals surface area contributed by atoms with Gasteiger partial charge in [-0.25, -0.2) is 0 Å². The Kier molecular flexibility index (Phi) is 10.1. The molecule has 1 heterocycles. The Morgan fingerprint density at radius 3 is 2.16 bits per heavy atom. The van der Waals surface area contributed by atoms with Crippen molar-refractivity contribution in [3.63, 3.8) is 0 Å². The summed E-state index contributed by atoms with van der Waals surface area (Å²) in [5.41, 5.74) is 4.32. The number of aromatic nitrogens is 4. The van der Waals surface area contributed by atoms with Crippen LogP contribution in [-0.4, -0.2) is 48.1 Å². The summed E-state index contributed by atoms with van der Waals surface area (Å²) >= 11 is 0. The van der Waals surface area contributed by atoms with E-state index < -0.39 is 0 Å². The number of aryl methyl sites for hydroxylation is 1. The third-order valence-electron chi connectivity index (χ3n) is 5.76. The Hall–Kier alpha value is -3.82. The third kappa shape index (κ3) is 7.12. The van der Waals surface area contributed by atoms with Crippen LogP contribution in [0.5, 0.6) is 23.0 Å². The predicted octanol–water partition coefficient (Wildman–Crippen LogP) is 4.33. The zero-order valence-electron chi connectivity index (χ0n) is 21.4. The van der Waals surface area contributed by atoms with Crippen molar-refractivity contribution in [1.29, 1.82) is 0 Å². The van der Waals surface area contributed by atoms with Crippen LogP contribution in [0.2, 0.25) is 0 Å². The van der Waals surface area contributed by atoms with Gasteiger partial charge >= 0.3 is 0 Å². The van der Waals surface area contributed by atoms with Crippen molar-refractivity contribution in [3.05, 3.63) is 83.2 Å². The van der Waals surface area contributed by atoms with Crippen molar-refractivity contribution in [2.75, 3.05) is 27.9 Å². The first-order chi connectivity index (χ1) is 17.6. The van der Waals surface area contributed by atoms with Gasteiger partial charge in [-0.1, -0.05) is 29.8 Å². The molecule has 9 nitrogen and oxygen atoms in total. The monoisotopic (exact) mass is 525 g/mol. The molecule has 0 saturated heterocycles. The molecule has 4 rings (SSSR count). The van der Waals surface area contributed by atoms with Gasteiger partial charge in [0.1, 0.15) is 0 Å². The fourth-order valence-corrected chi connectivity index (χ4v) is 3.77. The molecule has 0 aliphatic rings. The number of tetrazole rings is 1. The van der Waals surface area contributed by atoms with Crippen molar-refractivity contribution in [1.82, 2.24) is 25.5 Å². The smallest absolute Gasteiger partial charge is 0.194 e. The van der Waals surface area contributed by atoms with E-state index in [-0.39, 0.29) is 19.0 Å². The van der Waals surface area contributed by atoms with Gasteiger partial charge in [0.25, 0.3) is 0 Å². The van der Waals surface area contributed by atoms with Crippen molar-refractivity contribution in [2.45, 2.75) is 26.5 Å². The van der Waals surface area contributed by atoms with E-state index in [1.165, 1.54) is 11.1 Å². The Morgan fingerprint density at radius 2 is 1.43 bits per heavy atom. The predicted molar refractivity (Wildman–Crippen MR) is 143 cm³/mol. The summed E-state index contributed by atoms with van der Waals surface area (Å²) in [7, 11) is 4.91. The number of methoxy groups -OCH3 is 3. The second-order valence-electron chi connectivity index (χ2n) is 8.23. The summed E-state index contributed by atoms with van der Waals surface area (Å²) in [6.45, 7) is 3.77. The van der Waals surface area contributed by atoms with Gasteiger partial charge in [-0.3, -0.25) is 0 Å². The Balaban J connectivity index is 0.00000380. The van der Waals surface area contributed by atoms with Gasteiger partial charge in [0.05, 0.1) is 27.0 Å². The molecule has 0 saturated carbocycles. The lowest BCUT2D eigenvalue weighted by atomic mass is 10.1. The minimum atomic E-state index is 0. The average molecular weight is 526 g/mol. The van der Waals surface area contributed by atoms with E-state index in [2.05, 4.69) is 20.8 Å². The van der Waals surface area contributed by atoms with Crippen molar-refractivity contribution < 1.29 is 18.9 Å². The summed E-state index contributed by atoms with van der Waals surface area (Å²) in [6.07, 6.45) is 0.869. The van der Waals surface area contributed by atoms with E-state index >= 15 is 0 Å². The molecular weight excluding hydrogens is 494 g/mol. The summed E-state index contributed by atoms with van der Waals surface area (Å²) in [5.74, 6) is 3.36. The van der Waals surface area contributed by atoms with E-state index in [9.17, 15) is 0 Å². The minimum Gasteiger partial charge on any atom is -0.493 e. The van der Waals surface area contributed by atoms with E-state index in [1.807, 2.05) is 67.6 Å². The highest BCUT2D eigenvalue weighted by molar-refractivity contribution is 5.85. The number of hydrogen-bond acceptors (Lipinski definition) is 8. The van der Waals surface area contributed by atoms with Gasteiger partial charge in [0.15, 0.2) is 35.4 Å². The lowest BCUT2D eigenvalue weighted by Gasteiger charge is -2.13. The minimum absolute atomic E-state index is 0. The van der Waals surface area contributed by atoms with Gasteiger partial charge in [-0.2, -0.15) is 4.68 Å². The number of hydrogen-bond donors (Lipinski definition) is 1. The van der Waals surface area contributed by atoms with Gasteiger partial charge in [0, 0.05) is 6.54 Å². The van der Waals surface area contributed by atoms with Crippen LogP contribution in [0.3, 0.4) is 0 Å². The molecule has 0 bridgehead atoms. The maximum absolute atomic E-state index is 6.01. The molecule has 10 heteroatoms. The number of ether oxygens (including phenoxy) is 4. The van der Waals surface area contributed by atoms with Crippen molar-refractivity contribution >= 4 is 12.4 Å². The number of nitrogens with zero attached hydrogens (tertiary/aromatic N) is 4. The molecule has 0 amide bonds. The second-order valence-corrected chi connectivity index (χ2v) is 8.23. The van der Waals surface area contributed by atoms with Gasteiger partial charge < -0.3 is 24.3 Å². The fraction of sp³-hybridized carbons (Fsp3) is 0.296. The largest absolute Gasteiger partial charge is 0.493 e. The normalized spacial score (nSPS) is 10.5. The molecule has 3 aromatic carbocycles. The standard InChI is InChI=1S/C27H31N5O4.ClH/c1-19-5-9-22(10-6-19)32-27(29-30-31-32)18-36-24-12-8-21(16-26(24)35-4)17-28-14-13-20-7-11-23(33-2)25(15-20)34-3;/h5-12,15-16,28H,13-14,17-18H2,1-4H3;1H. The molecule has 4 aromatic rings. The zero-order chi connectivity index (χ0) is 25.3. The Labute approximate surface area is 223 Å². The van der Waals surface area contributed by atoms with Crippen LogP contribution in [0.25, 0.3) is 5.69 Å². The second kappa shape index (κ2) is 13.5. The molecule has 0 fully saturated rings. The van der Waals surface area contributed by atoms with E-state index in [1.54, 1.807) is 26.0 Å². The lowest BCUT2D eigenvalue weighted by Crippen LogP contribution is -2.16. The number of nitrogens with one attached hydrogen (secondary N) is 1. The molecule has 1 aromatic heterocycles. The first-order valence-corrected chi connectivity index (χ1v) is 11.7. The summed E-state index contributed by atoms with van der Waals surface area (Å²) in [4.78, 5) is 0. The van der Waals surface area contributed by atoms with Crippen LogP contribution in [0.4, 0.5) is 0 Å². The lowest BCUT2D eigenvalue weighted by molar-refractivity contribution is 0.273. The molecule has 196 valence electrons. The van der Waals surface area contributed by atoms with E-state index in [0.29, 0.717) is 23.9 Å². The van der Waals surface area contributed by atoms with E-state index in [4.69, 9.17) is 18.9 Å². The summed E-state index contributed by atoms with van der Waals surface area (Å²) in [5, 5.41) is 15.5. The number of benzene rings is 3. The van der Waals surface area contributed by atoms with Crippen LogP contribution in [0.1, 0.15) is 22.5 Å². The zero-order valence-corrected chi connectivity index (χ0v) is 22.2. The first kappa shape index (κ1) is 27.8. The van der Waals surface area contributed by atoms with Crippen molar-refractivity contribution in [2.24, 2.45) is 0 Å².